The molecule has 0 saturated carbocycles. The Bertz CT molecular complexity index is 469. The highest BCUT2D eigenvalue weighted by atomic mass is 32.2. The number of ether oxygens (including phenoxy) is 1. The summed E-state index contributed by atoms with van der Waals surface area (Å²) in [6.45, 7) is 0. The molecule has 0 aliphatic carbocycles. The molecule has 0 atom stereocenters. The Balaban J connectivity index is 3.15. The van der Waals surface area contributed by atoms with Crippen LogP contribution in [0.5, 0.6) is 0 Å². The van der Waals surface area contributed by atoms with E-state index in [-0.39, 0.29) is 21.9 Å². The summed E-state index contributed by atoms with van der Waals surface area (Å²) in [6, 6.07) is 3.71. The highest BCUT2D eigenvalue weighted by Crippen LogP contribution is 2.32. The summed E-state index contributed by atoms with van der Waals surface area (Å²) in [6.07, 6.45) is 0. The average Bonchev–Trinajstić information content (AvgIpc) is 2.34. The van der Waals surface area contributed by atoms with Gasteiger partial charge in [-0.2, -0.15) is 0 Å². The Kier molecular flexibility index (Phi) is 4.67. The smallest absolute Gasteiger partial charge is 0.337 e. The number of nitrogens with zero attached hydrogens (tertiary/aromatic N) is 1. The largest absolute Gasteiger partial charge is 0.478 e. The zero-order chi connectivity index (χ0) is 13.7. The maximum Gasteiger partial charge on any atom is 0.337 e. The van der Waals surface area contributed by atoms with Gasteiger partial charge < -0.3 is 9.84 Å². The number of hydrogen-bond acceptors (Lipinski definition) is 6. The van der Waals surface area contributed by atoms with Crippen molar-refractivity contribution in [3.63, 3.8) is 0 Å². The fraction of sp³-hybridized carbons (Fsp3) is 0.200. The van der Waals surface area contributed by atoms with Gasteiger partial charge in [0.05, 0.1) is 23.3 Å². The fourth-order valence-electron chi connectivity index (χ4n) is 1.18. The summed E-state index contributed by atoms with van der Waals surface area (Å²) >= 11 is 0.766. The second-order valence-corrected chi connectivity index (χ2v) is 4.07. The van der Waals surface area contributed by atoms with E-state index in [0.717, 1.165) is 11.8 Å². The molecule has 18 heavy (non-hydrogen) atoms. The van der Waals surface area contributed by atoms with Crippen molar-refractivity contribution < 1.29 is 24.4 Å². The number of hydrogen-bond donors (Lipinski definition) is 1. The van der Waals surface area contributed by atoms with Crippen molar-refractivity contribution in [1.29, 1.82) is 0 Å². The standard InChI is InChI=1S/C10H9NO6S/c1-17-8(12)5-18-9-6(10(13)14)3-2-4-7(9)11(15)16/h2-4H,5H2,1H3,(H,13,14). The van der Waals surface area contributed by atoms with E-state index in [1.54, 1.807) is 0 Å². The summed E-state index contributed by atoms with van der Waals surface area (Å²) in [7, 11) is 1.18. The minimum atomic E-state index is -1.29. The van der Waals surface area contributed by atoms with Gasteiger partial charge in [-0.3, -0.25) is 14.9 Å². The second kappa shape index (κ2) is 6.01. The van der Waals surface area contributed by atoms with E-state index in [4.69, 9.17) is 5.11 Å². The van der Waals surface area contributed by atoms with Crippen LogP contribution in [-0.2, 0) is 9.53 Å². The topological polar surface area (TPSA) is 107 Å². The zero-order valence-corrected chi connectivity index (χ0v) is 10.1. The number of benzene rings is 1. The fourth-order valence-corrected chi connectivity index (χ4v) is 2.16. The molecule has 0 heterocycles. The van der Waals surface area contributed by atoms with Gasteiger partial charge in [0.1, 0.15) is 4.90 Å². The lowest BCUT2D eigenvalue weighted by Gasteiger charge is -2.05. The summed E-state index contributed by atoms with van der Waals surface area (Å²) < 4.78 is 4.40. The number of thioether (sulfide) groups is 1. The van der Waals surface area contributed by atoms with E-state index < -0.39 is 16.9 Å². The quantitative estimate of drug-likeness (QED) is 0.374. The van der Waals surface area contributed by atoms with Crippen molar-refractivity contribution in [3.8, 4) is 0 Å². The van der Waals surface area contributed by atoms with Crippen LogP contribution in [0.2, 0.25) is 0 Å². The lowest BCUT2D eigenvalue weighted by atomic mass is 10.2. The maximum atomic E-state index is 11.0. The number of esters is 1. The molecule has 1 aromatic carbocycles. The van der Waals surface area contributed by atoms with Gasteiger partial charge in [0.2, 0.25) is 0 Å². The molecule has 0 fully saturated rings. The monoisotopic (exact) mass is 271 g/mol. The Morgan fingerprint density at radius 2 is 2.17 bits per heavy atom. The number of nitro benzene ring substituents is 1. The van der Waals surface area contributed by atoms with Gasteiger partial charge in [0.15, 0.2) is 0 Å². The van der Waals surface area contributed by atoms with E-state index >= 15 is 0 Å². The number of aromatic carboxylic acids is 1. The van der Waals surface area contributed by atoms with E-state index in [1.165, 1.54) is 25.3 Å². The molecule has 1 rings (SSSR count). The third-order valence-electron chi connectivity index (χ3n) is 1.98. The van der Waals surface area contributed by atoms with Crippen LogP contribution in [-0.4, -0.2) is 34.8 Å². The van der Waals surface area contributed by atoms with Crippen LogP contribution in [0, 0.1) is 10.1 Å². The van der Waals surface area contributed by atoms with Crippen LogP contribution in [0.1, 0.15) is 10.4 Å². The molecule has 0 bridgehead atoms. The molecule has 96 valence electrons. The Morgan fingerprint density at radius 1 is 1.50 bits per heavy atom. The molecule has 8 heteroatoms. The molecule has 0 saturated heterocycles. The number of rotatable bonds is 5. The van der Waals surface area contributed by atoms with Gasteiger partial charge in [0.25, 0.3) is 5.69 Å². The average molecular weight is 271 g/mol. The number of carbonyl (C=O) groups excluding carboxylic acids is 1. The van der Waals surface area contributed by atoms with Gasteiger partial charge in [-0.25, -0.2) is 4.79 Å². The Labute approximate surface area is 106 Å². The van der Waals surface area contributed by atoms with Crippen LogP contribution < -0.4 is 0 Å². The zero-order valence-electron chi connectivity index (χ0n) is 9.28. The van der Waals surface area contributed by atoms with Gasteiger partial charge in [-0.15, -0.1) is 11.8 Å². The lowest BCUT2D eigenvalue weighted by molar-refractivity contribution is -0.387. The highest BCUT2D eigenvalue weighted by Gasteiger charge is 2.22. The van der Waals surface area contributed by atoms with Crippen molar-refractivity contribution in [3.05, 3.63) is 33.9 Å². The molecule has 0 aromatic heterocycles. The molecule has 0 unspecified atom stereocenters. The predicted molar refractivity (Wildman–Crippen MR) is 62.8 cm³/mol. The SMILES string of the molecule is COC(=O)CSc1c(C(=O)O)cccc1[N+](=O)[O-]. The summed E-state index contributed by atoms with van der Waals surface area (Å²) in [5, 5.41) is 19.7. The van der Waals surface area contributed by atoms with Gasteiger partial charge in [0, 0.05) is 6.07 Å². The molecule has 1 aromatic rings. The van der Waals surface area contributed by atoms with Crippen LogP contribution >= 0.6 is 11.8 Å². The van der Waals surface area contributed by atoms with Crippen molar-refractivity contribution in [2.75, 3.05) is 12.9 Å². The van der Waals surface area contributed by atoms with Gasteiger partial charge >= 0.3 is 11.9 Å². The molecule has 0 aliphatic rings. The lowest BCUT2D eigenvalue weighted by Crippen LogP contribution is -2.06. The van der Waals surface area contributed by atoms with Gasteiger partial charge in [-0.1, -0.05) is 6.07 Å². The Morgan fingerprint density at radius 3 is 2.67 bits per heavy atom. The molecule has 7 nitrogen and oxygen atoms in total. The minimum Gasteiger partial charge on any atom is -0.478 e. The minimum absolute atomic E-state index is 0.0552. The normalized spacial score (nSPS) is 9.83. The first kappa shape index (κ1) is 14.0. The second-order valence-electron chi connectivity index (χ2n) is 3.08. The van der Waals surface area contributed by atoms with E-state index in [0.29, 0.717) is 0 Å². The Hall–Kier alpha value is -2.09. The van der Waals surface area contributed by atoms with E-state index in [9.17, 15) is 19.7 Å². The van der Waals surface area contributed by atoms with Gasteiger partial charge in [-0.05, 0) is 6.07 Å². The third kappa shape index (κ3) is 3.20. The molecule has 0 aliphatic heterocycles. The predicted octanol–water partition coefficient (Wildman–Crippen LogP) is 1.56. The van der Waals surface area contributed by atoms with Crippen LogP contribution in [0.15, 0.2) is 23.1 Å². The van der Waals surface area contributed by atoms with E-state index in [1.807, 2.05) is 0 Å². The van der Waals surface area contributed by atoms with Crippen LogP contribution in [0.4, 0.5) is 5.69 Å². The molecule has 0 spiro atoms. The van der Waals surface area contributed by atoms with Crippen molar-refractivity contribution in [2.24, 2.45) is 0 Å². The number of carboxylic acids is 1. The summed E-state index contributed by atoms with van der Waals surface area (Å²) in [5.41, 5.74) is -0.554. The summed E-state index contributed by atoms with van der Waals surface area (Å²) in [5.74, 6) is -2.07. The van der Waals surface area contributed by atoms with Crippen molar-refractivity contribution in [2.45, 2.75) is 4.90 Å². The number of nitro groups is 1. The summed E-state index contributed by atoms with van der Waals surface area (Å²) in [4.78, 5) is 32.0. The first-order chi connectivity index (χ1) is 8.47. The van der Waals surface area contributed by atoms with E-state index in [2.05, 4.69) is 4.74 Å². The van der Waals surface area contributed by atoms with Crippen LogP contribution in [0.3, 0.4) is 0 Å². The molecule has 1 N–H and O–H groups in total. The molecule has 0 amide bonds. The first-order valence-electron chi connectivity index (χ1n) is 4.67. The van der Waals surface area contributed by atoms with Crippen LogP contribution in [0.25, 0.3) is 0 Å². The van der Waals surface area contributed by atoms with Crippen molar-refractivity contribution >= 4 is 29.4 Å². The number of carbonyl (C=O) groups is 2. The number of methoxy groups -OCH3 is 1. The molecule has 0 radical (unpaired) electrons. The number of carboxylic acid groups (broad SMARTS) is 1. The highest BCUT2D eigenvalue weighted by molar-refractivity contribution is 8.00. The molecular weight excluding hydrogens is 262 g/mol. The third-order valence-corrected chi connectivity index (χ3v) is 3.08. The maximum absolute atomic E-state index is 11.0. The first-order valence-corrected chi connectivity index (χ1v) is 5.66. The molecular formula is C10H9NO6S. The van der Waals surface area contributed by atoms with Crippen molar-refractivity contribution in [1.82, 2.24) is 0 Å².